The molecule has 0 spiro atoms. The molecule has 0 aliphatic rings. The van der Waals surface area contributed by atoms with Crippen LogP contribution >= 0.6 is 0 Å². The fraction of sp³-hybridized carbons (Fsp3) is 0.0800. The third kappa shape index (κ3) is 4.66. The number of rotatable bonds is 6. The van der Waals surface area contributed by atoms with Crippen molar-refractivity contribution in [3.63, 3.8) is 0 Å². The Morgan fingerprint density at radius 1 is 0.806 bits per heavy atom. The summed E-state index contributed by atoms with van der Waals surface area (Å²) in [7, 11) is -2.12. The minimum absolute atomic E-state index is 0.146. The first kappa shape index (κ1) is 20.8. The predicted octanol–water partition coefficient (Wildman–Crippen LogP) is 4.91. The van der Waals surface area contributed by atoms with Gasteiger partial charge in [0.15, 0.2) is 0 Å². The van der Waals surface area contributed by atoms with Crippen molar-refractivity contribution in [2.45, 2.75) is 11.4 Å². The fourth-order valence-corrected chi connectivity index (χ4v) is 4.51. The van der Waals surface area contributed by atoms with E-state index < -0.39 is 10.0 Å². The van der Waals surface area contributed by atoms with E-state index in [4.69, 9.17) is 0 Å². The van der Waals surface area contributed by atoms with E-state index in [9.17, 15) is 13.2 Å². The van der Waals surface area contributed by atoms with Gasteiger partial charge in [0.25, 0.3) is 5.91 Å². The molecule has 0 radical (unpaired) electrons. The molecule has 6 heteroatoms. The second kappa shape index (κ2) is 8.71. The van der Waals surface area contributed by atoms with E-state index in [1.807, 2.05) is 72.8 Å². The highest BCUT2D eigenvalue weighted by molar-refractivity contribution is 7.89. The van der Waals surface area contributed by atoms with E-state index in [2.05, 4.69) is 5.32 Å². The lowest BCUT2D eigenvalue weighted by Crippen LogP contribution is -2.26. The van der Waals surface area contributed by atoms with Gasteiger partial charge in [-0.15, -0.1) is 0 Å². The zero-order valence-corrected chi connectivity index (χ0v) is 17.8. The molecule has 0 atom stereocenters. The highest BCUT2D eigenvalue weighted by Crippen LogP contribution is 2.21. The SMILES string of the molecule is CN(Cc1ccccc1)S(=O)(=O)c1ccc(C(=O)Nc2ccc3ccccc3c2)cc1. The van der Waals surface area contributed by atoms with Crippen molar-refractivity contribution in [1.82, 2.24) is 4.31 Å². The van der Waals surface area contributed by atoms with Crippen LogP contribution in [-0.2, 0) is 16.6 Å². The van der Waals surface area contributed by atoms with E-state index in [0.717, 1.165) is 16.3 Å². The lowest BCUT2D eigenvalue weighted by Gasteiger charge is -2.17. The highest BCUT2D eigenvalue weighted by Gasteiger charge is 2.21. The van der Waals surface area contributed by atoms with Gasteiger partial charge in [-0.25, -0.2) is 8.42 Å². The van der Waals surface area contributed by atoms with Crippen LogP contribution in [0.3, 0.4) is 0 Å². The Morgan fingerprint density at radius 2 is 1.45 bits per heavy atom. The maximum Gasteiger partial charge on any atom is 0.255 e. The molecule has 0 saturated heterocycles. The molecule has 0 bridgehead atoms. The minimum atomic E-state index is -3.66. The smallest absolute Gasteiger partial charge is 0.255 e. The van der Waals surface area contributed by atoms with E-state index in [-0.39, 0.29) is 17.3 Å². The van der Waals surface area contributed by atoms with Crippen molar-refractivity contribution < 1.29 is 13.2 Å². The molecule has 0 saturated carbocycles. The van der Waals surface area contributed by atoms with Crippen LogP contribution in [0.25, 0.3) is 10.8 Å². The molecule has 0 aromatic heterocycles. The molecule has 0 heterocycles. The number of amides is 1. The summed E-state index contributed by atoms with van der Waals surface area (Å²) in [6.07, 6.45) is 0. The van der Waals surface area contributed by atoms with Crippen molar-refractivity contribution in [1.29, 1.82) is 0 Å². The number of hydrogen-bond donors (Lipinski definition) is 1. The second-order valence-corrected chi connectivity index (χ2v) is 9.33. The molecule has 4 rings (SSSR count). The molecular formula is C25H22N2O3S. The lowest BCUT2D eigenvalue weighted by molar-refractivity contribution is 0.102. The Hall–Kier alpha value is -3.48. The number of carbonyl (C=O) groups excluding carboxylic acids is 1. The number of nitrogens with one attached hydrogen (secondary N) is 1. The molecule has 0 unspecified atom stereocenters. The fourth-order valence-electron chi connectivity index (χ4n) is 3.35. The van der Waals surface area contributed by atoms with E-state index >= 15 is 0 Å². The van der Waals surface area contributed by atoms with Gasteiger partial charge in [0, 0.05) is 24.8 Å². The van der Waals surface area contributed by atoms with Crippen molar-refractivity contribution in [2.24, 2.45) is 0 Å². The third-order valence-electron chi connectivity index (χ3n) is 5.08. The summed E-state index contributed by atoms with van der Waals surface area (Å²) in [5.74, 6) is -0.295. The quantitative estimate of drug-likeness (QED) is 0.472. The number of anilines is 1. The molecule has 1 N–H and O–H groups in total. The van der Waals surface area contributed by atoms with Gasteiger partial charge in [-0.2, -0.15) is 4.31 Å². The van der Waals surface area contributed by atoms with Gasteiger partial charge in [0.1, 0.15) is 0 Å². The summed E-state index contributed by atoms with van der Waals surface area (Å²) < 4.78 is 27.0. The first-order valence-electron chi connectivity index (χ1n) is 9.84. The maximum absolute atomic E-state index is 12.9. The van der Waals surface area contributed by atoms with Gasteiger partial charge in [-0.05, 0) is 52.7 Å². The topological polar surface area (TPSA) is 66.5 Å². The van der Waals surface area contributed by atoms with Gasteiger partial charge < -0.3 is 5.32 Å². The minimum Gasteiger partial charge on any atom is -0.322 e. The Morgan fingerprint density at radius 3 is 2.16 bits per heavy atom. The molecule has 4 aromatic carbocycles. The number of carbonyl (C=O) groups is 1. The Labute approximate surface area is 182 Å². The first-order valence-corrected chi connectivity index (χ1v) is 11.3. The number of benzene rings is 4. The summed E-state index contributed by atoms with van der Waals surface area (Å²) in [6, 6.07) is 29.0. The summed E-state index contributed by atoms with van der Waals surface area (Å²) in [5.41, 5.74) is 1.97. The largest absolute Gasteiger partial charge is 0.322 e. The average molecular weight is 431 g/mol. The van der Waals surface area contributed by atoms with Crippen LogP contribution in [0.4, 0.5) is 5.69 Å². The lowest BCUT2D eigenvalue weighted by atomic mass is 10.1. The number of fused-ring (bicyclic) bond motifs is 1. The maximum atomic E-state index is 12.9. The van der Waals surface area contributed by atoms with Crippen molar-refractivity contribution in [3.8, 4) is 0 Å². The normalized spacial score (nSPS) is 11.5. The average Bonchev–Trinajstić information content (AvgIpc) is 2.79. The van der Waals surface area contributed by atoms with E-state index in [1.54, 1.807) is 7.05 Å². The van der Waals surface area contributed by atoms with Gasteiger partial charge in [-0.3, -0.25) is 4.79 Å². The second-order valence-electron chi connectivity index (χ2n) is 7.29. The highest BCUT2D eigenvalue weighted by atomic mass is 32.2. The molecule has 0 aliphatic carbocycles. The number of hydrogen-bond acceptors (Lipinski definition) is 3. The number of sulfonamides is 1. The summed E-state index contributed by atoms with van der Waals surface area (Å²) >= 11 is 0. The van der Waals surface area contributed by atoms with Crippen LogP contribution in [0.15, 0.2) is 102 Å². The molecule has 5 nitrogen and oxygen atoms in total. The molecule has 156 valence electrons. The van der Waals surface area contributed by atoms with Crippen molar-refractivity contribution in [2.75, 3.05) is 12.4 Å². The Kier molecular flexibility index (Phi) is 5.84. The van der Waals surface area contributed by atoms with Crippen LogP contribution in [0.1, 0.15) is 15.9 Å². The first-order chi connectivity index (χ1) is 14.9. The molecule has 31 heavy (non-hydrogen) atoms. The van der Waals surface area contributed by atoms with E-state index in [0.29, 0.717) is 11.3 Å². The van der Waals surface area contributed by atoms with Crippen LogP contribution in [-0.4, -0.2) is 25.7 Å². The Balaban J connectivity index is 1.48. The molecular weight excluding hydrogens is 408 g/mol. The zero-order valence-electron chi connectivity index (χ0n) is 17.0. The van der Waals surface area contributed by atoms with Crippen LogP contribution in [0.5, 0.6) is 0 Å². The molecule has 1 amide bonds. The van der Waals surface area contributed by atoms with Crippen molar-refractivity contribution in [3.05, 3.63) is 108 Å². The monoisotopic (exact) mass is 430 g/mol. The third-order valence-corrected chi connectivity index (χ3v) is 6.90. The van der Waals surface area contributed by atoms with E-state index in [1.165, 1.54) is 28.6 Å². The summed E-state index contributed by atoms with van der Waals surface area (Å²) in [4.78, 5) is 12.8. The van der Waals surface area contributed by atoms with Gasteiger partial charge in [0.05, 0.1) is 4.90 Å². The molecule has 4 aromatic rings. The summed E-state index contributed by atoms with van der Waals surface area (Å²) in [5, 5.41) is 4.99. The van der Waals surface area contributed by atoms with Crippen LogP contribution < -0.4 is 5.32 Å². The van der Waals surface area contributed by atoms with Gasteiger partial charge in [-0.1, -0.05) is 60.7 Å². The Bertz CT molecular complexity index is 1320. The standard InChI is InChI=1S/C25H22N2O3S/c1-27(18-19-7-3-2-4-8-19)31(29,30)24-15-12-21(13-16-24)25(28)26-23-14-11-20-9-5-6-10-22(20)17-23/h2-17H,18H2,1H3,(H,26,28). The van der Waals surface area contributed by atoms with Crippen molar-refractivity contribution >= 4 is 32.4 Å². The molecule has 0 fully saturated rings. The molecule has 0 aliphatic heterocycles. The number of nitrogens with zero attached hydrogens (tertiary/aromatic N) is 1. The van der Waals surface area contributed by atoms with Crippen LogP contribution in [0.2, 0.25) is 0 Å². The van der Waals surface area contributed by atoms with Crippen LogP contribution in [0, 0.1) is 0 Å². The predicted molar refractivity (Wildman–Crippen MR) is 123 cm³/mol. The van der Waals surface area contributed by atoms with Gasteiger partial charge >= 0.3 is 0 Å². The zero-order chi connectivity index (χ0) is 21.8. The summed E-state index contributed by atoms with van der Waals surface area (Å²) in [6.45, 7) is 0.271. The van der Waals surface area contributed by atoms with Gasteiger partial charge in [0.2, 0.25) is 10.0 Å².